The first-order valence-electron chi connectivity index (χ1n) is 10.1. The molecule has 0 bridgehead atoms. The molecule has 0 aliphatic rings. The number of hydrogen-bond donors (Lipinski definition) is 3. The molecule has 0 aliphatic carbocycles. The fraction of sp³-hybridized carbons (Fsp3) is 0.182. The topological polar surface area (TPSA) is 143 Å². The first kappa shape index (κ1) is 23.3. The van der Waals surface area contributed by atoms with Crippen molar-refractivity contribution < 1.29 is 20.0 Å². The third kappa shape index (κ3) is 4.61. The summed E-state index contributed by atoms with van der Waals surface area (Å²) in [6.45, 7) is 0.211. The van der Waals surface area contributed by atoms with Gasteiger partial charge in [-0.2, -0.15) is 5.23 Å². The highest BCUT2D eigenvalue weighted by Gasteiger charge is 2.18. The predicted molar refractivity (Wildman–Crippen MR) is 125 cm³/mol. The van der Waals surface area contributed by atoms with Crippen LogP contribution in [0.3, 0.4) is 0 Å². The van der Waals surface area contributed by atoms with Crippen molar-refractivity contribution in [3.63, 3.8) is 0 Å². The van der Waals surface area contributed by atoms with E-state index in [1.165, 1.54) is 36.0 Å². The van der Waals surface area contributed by atoms with Crippen molar-refractivity contribution in [1.29, 1.82) is 0 Å². The molecule has 0 radical (unpaired) electrons. The van der Waals surface area contributed by atoms with E-state index in [-0.39, 0.29) is 23.7 Å². The molecule has 0 spiro atoms. The summed E-state index contributed by atoms with van der Waals surface area (Å²) in [7, 11) is 3.10. The normalized spacial score (nSPS) is 12.0. The average Bonchev–Trinajstić information content (AvgIpc) is 3.30. The van der Waals surface area contributed by atoms with E-state index in [0.29, 0.717) is 27.6 Å². The highest BCUT2D eigenvalue weighted by atomic mass is 32.1. The Labute approximate surface area is 196 Å². The van der Waals surface area contributed by atoms with Gasteiger partial charge in [0.05, 0.1) is 23.9 Å². The summed E-state index contributed by atoms with van der Waals surface area (Å²) in [4.78, 5) is 43.1. The second-order valence-electron chi connectivity index (χ2n) is 7.45. The Hall–Kier alpha value is -3.84. The molecule has 3 aromatic heterocycles. The van der Waals surface area contributed by atoms with E-state index < -0.39 is 16.5 Å². The van der Waals surface area contributed by atoms with Crippen molar-refractivity contribution in [1.82, 2.24) is 19.4 Å². The summed E-state index contributed by atoms with van der Waals surface area (Å²) in [5.41, 5.74) is 0.293. The molecule has 4 aromatic rings. The van der Waals surface area contributed by atoms with Crippen LogP contribution in [0.4, 0.5) is 5.82 Å². The second kappa shape index (κ2) is 9.57. The van der Waals surface area contributed by atoms with Gasteiger partial charge in [-0.3, -0.25) is 18.7 Å². The number of nitrogens with zero attached hydrogens (tertiary/aromatic N) is 3. The minimum Gasteiger partial charge on any atom is -0.594 e. The zero-order valence-electron chi connectivity index (χ0n) is 18.3. The molecule has 0 saturated heterocycles. The van der Waals surface area contributed by atoms with Crippen molar-refractivity contribution in [2.75, 3.05) is 7.11 Å². The number of benzene rings is 1. The van der Waals surface area contributed by atoms with Crippen LogP contribution in [0, 0.1) is 5.21 Å². The summed E-state index contributed by atoms with van der Waals surface area (Å²) in [6.07, 6.45) is 1.31. The van der Waals surface area contributed by atoms with Crippen LogP contribution >= 0.6 is 11.3 Å². The van der Waals surface area contributed by atoms with Crippen molar-refractivity contribution in [3.8, 4) is 5.75 Å². The van der Waals surface area contributed by atoms with E-state index in [2.05, 4.69) is 10.3 Å². The number of rotatable bonds is 7. The summed E-state index contributed by atoms with van der Waals surface area (Å²) in [5.74, 6) is 0.219. The lowest BCUT2D eigenvalue weighted by Gasteiger charge is -2.11. The van der Waals surface area contributed by atoms with Gasteiger partial charge in [-0.25, -0.2) is 15.0 Å². The zero-order valence-corrected chi connectivity index (χ0v) is 19.1. The van der Waals surface area contributed by atoms with Crippen molar-refractivity contribution in [2.45, 2.75) is 13.1 Å². The van der Waals surface area contributed by atoms with Crippen LogP contribution in [0.1, 0.15) is 20.8 Å². The molecular formula is C22H21N5O6S. The van der Waals surface area contributed by atoms with Crippen LogP contribution in [0.2, 0.25) is 0 Å². The van der Waals surface area contributed by atoms with Gasteiger partial charge in [0, 0.05) is 25.9 Å². The molecule has 1 unspecified atom stereocenters. The van der Waals surface area contributed by atoms with E-state index in [4.69, 9.17) is 9.94 Å². The van der Waals surface area contributed by atoms with E-state index >= 15 is 0 Å². The van der Waals surface area contributed by atoms with E-state index in [0.717, 1.165) is 21.5 Å². The van der Waals surface area contributed by atoms with E-state index in [9.17, 15) is 19.6 Å². The smallest absolute Gasteiger partial charge is 0.332 e. The molecule has 1 atom stereocenters. The molecule has 3 N–H and O–H groups in total. The number of carbonyl (C=O) groups excluding carboxylic acids is 1. The number of pyridine rings is 1. The zero-order chi connectivity index (χ0) is 24.4. The molecule has 1 aromatic carbocycles. The van der Waals surface area contributed by atoms with Gasteiger partial charge in [0.15, 0.2) is 0 Å². The maximum Gasteiger partial charge on any atom is 0.332 e. The summed E-state index contributed by atoms with van der Waals surface area (Å²) >= 11 is 1.06. The SMILES string of the molecule is COc1ccc(CNC(=O)c2cc3c(=O)n(Cc4ccc([NH+]([O-])O)nc4)c(=O)n(C)c3s2)cc1. The Balaban J connectivity index is 1.59. The van der Waals surface area contributed by atoms with Crippen LogP contribution in [0.15, 0.2) is 58.3 Å². The van der Waals surface area contributed by atoms with Crippen LogP contribution in [-0.2, 0) is 20.1 Å². The maximum atomic E-state index is 13.1. The Morgan fingerprint density at radius 1 is 1.21 bits per heavy atom. The first-order valence-corrected chi connectivity index (χ1v) is 10.9. The number of amides is 1. The lowest BCUT2D eigenvalue weighted by Crippen LogP contribution is -2.99. The van der Waals surface area contributed by atoms with E-state index in [1.807, 2.05) is 12.1 Å². The lowest BCUT2D eigenvalue weighted by atomic mass is 10.2. The van der Waals surface area contributed by atoms with Crippen molar-refractivity contribution >= 4 is 33.3 Å². The number of quaternary nitrogens is 1. The molecule has 0 aliphatic heterocycles. The van der Waals surface area contributed by atoms with Crippen LogP contribution in [0.25, 0.3) is 10.2 Å². The van der Waals surface area contributed by atoms with Gasteiger partial charge in [0.25, 0.3) is 17.3 Å². The molecule has 12 heteroatoms. The van der Waals surface area contributed by atoms with Crippen LogP contribution < -0.4 is 26.5 Å². The minimum absolute atomic E-state index is 0.0802. The van der Waals surface area contributed by atoms with Crippen LogP contribution in [0.5, 0.6) is 5.75 Å². The van der Waals surface area contributed by atoms with Gasteiger partial charge < -0.3 is 15.3 Å². The molecule has 11 nitrogen and oxygen atoms in total. The molecule has 1 amide bonds. The fourth-order valence-corrected chi connectivity index (χ4v) is 4.40. The number of nitrogens with one attached hydrogen (secondary N) is 2. The number of carbonyl (C=O) groups is 1. The quantitative estimate of drug-likeness (QED) is 0.326. The molecule has 176 valence electrons. The van der Waals surface area contributed by atoms with Crippen LogP contribution in [-0.4, -0.2) is 32.3 Å². The number of thiophene rings is 1. The Kier molecular flexibility index (Phi) is 6.56. The van der Waals surface area contributed by atoms with Gasteiger partial charge in [0.2, 0.25) is 0 Å². The fourth-order valence-electron chi connectivity index (χ4n) is 3.38. The van der Waals surface area contributed by atoms with Crippen molar-refractivity contribution in [2.24, 2.45) is 7.05 Å². The average molecular weight is 484 g/mol. The van der Waals surface area contributed by atoms with Gasteiger partial charge >= 0.3 is 5.69 Å². The predicted octanol–water partition coefficient (Wildman–Crippen LogP) is 0.547. The number of aryl methyl sites for hydroxylation is 1. The molecule has 0 saturated carbocycles. The maximum absolute atomic E-state index is 13.1. The molecule has 3 heterocycles. The number of fused-ring (bicyclic) bond motifs is 1. The Bertz CT molecular complexity index is 1450. The van der Waals surface area contributed by atoms with Gasteiger partial charge in [0.1, 0.15) is 10.6 Å². The van der Waals surface area contributed by atoms with E-state index in [1.54, 1.807) is 19.2 Å². The third-order valence-electron chi connectivity index (χ3n) is 5.23. The van der Waals surface area contributed by atoms with Gasteiger partial charge in [-0.1, -0.05) is 12.1 Å². The summed E-state index contributed by atoms with van der Waals surface area (Å²) in [6, 6.07) is 11.6. The highest BCUT2D eigenvalue weighted by molar-refractivity contribution is 7.20. The summed E-state index contributed by atoms with van der Waals surface area (Å²) < 4.78 is 7.47. The van der Waals surface area contributed by atoms with Crippen molar-refractivity contribution in [3.05, 3.63) is 90.7 Å². The molecule has 4 rings (SSSR count). The Morgan fingerprint density at radius 3 is 2.53 bits per heavy atom. The summed E-state index contributed by atoms with van der Waals surface area (Å²) in [5, 5.41) is 21.8. The number of methoxy groups -OCH3 is 1. The van der Waals surface area contributed by atoms with Gasteiger partial charge in [-0.15, -0.1) is 11.3 Å². The third-order valence-corrected chi connectivity index (χ3v) is 6.44. The largest absolute Gasteiger partial charge is 0.594 e. The monoisotopic (exact) mass is 483 g/mol. The number of aromatic nitrogens is 3. The van der Waals surface area contributed by atoms with Gasteiger partial charge in [-0.05, 0) is 35.4 Å². The molecular weight excluding hydrogens is 462 g/mol. The highest BCUT2D eigenvalue weighted by Crippen LogP contribution is 2.22. The standard InChI is InChI=1S/C22H21N5O6S/c1-25-21-16(9-17(34-21)19(28)24-10-13-3-6-15(33-2)7-4-13)20(29)26(22(25)30)12-14-5-8-18(23-11-14)27(31)32/h3-9,11,27,31H,10,12H2,1-2H3,(H,24,28). The molecule has 0 fully saturated rings. The minimum atomic E-state index is -1.17. The first-order chi connectivity index (χ1) is 16.3. The molecule has 34 heavy (non-hydrogen) atoms. The lowest BCUT2D eigenvalue weighted by molar-refractivity contribution is -0.993. The number of hydrogen-bond acceptors (Lipinski definition) is 8. The second-order valence-corrected chi connectivity index (χ2v) is 8.48. The number of ether oxygens (including phenoxy) is 1. The Morgan fingerprint density at radius 2 is 1.91 bits per heavy atom.